The predicted octanol–water partition coefficient (Wildman–Crippen LogP) is 3.38. The van der Waals surface area contributed by atoms with Gasteiger partial charge in [-0.3, -0.25) is 24.0 Å². The van der Waals surface area contributed by atoms with E-state index in [0.29, 0.717) is 52.7 Å². The van der Waals surface area contributed by atoms with Crippen LogP contribution in [0.4, 0.5) is 4.39 Å². The summed E-state index contributed by atoms with van der Waals surface area (Å²) >= 11 is 0. The molecule has 3 aromatic heterocycles. The Morgan fingerprint density at radius 2 is 1.75 bits per heavy atom. The van der Waals surface area contributed by atoms with Gasteiger partial charge < -0.3 is 45.3 Å². The number of carbonyl (C=O) groups is 5. The van der Waals surface area contributed by atoms with E-state index < -0.39 is 75.2 Å². The number of hydrogen-bond acceptors (Lipinski definition) is 15. The lowest BCUT2D eigenvalue weighted by Gasteiger charge is -2.35. The van der Waals surface area contributed by atoms with Crippen molar-refractivity contribution in [3.8, 4) is 23.2 Å². The zero-order chi connectivity index (χ0) is 54.6. The molecule has 2 aliphatic heterocycles. The highest BCUT2D eigenvalue weighted by molar-refractivity contribution is 7.90. The first-order valence-corrected chi connectivity index (χ1v) is 27.0. The van der Waals surface area contributed by atoms with Gasteiger partial charge in [0.2, 0.25) is 38.6 Å². The van der Waals surface area contributed by atoms with E-state index in [4.69, 9.17) is 9.47 Å². The van der Waals surface area contributed by atoms with Crippen molar-refractivity contribution in [1.82, 2.24) is 45.7 Å². The van der Waals surface area contributed by atoms with Gasteiger partial charge in [0, 0.05) is 54.1 Å². The van der Waals surface area contributed by atoms with Crippen molar-refractivity contribution in [1.29, 1.82) is 0 Å². The van der Waals surface area contributed by atoms with E-state index in [1.807, 2.05) is 6.07 Å². The number of aryl methyl sites for hydroxylation is 1. The van der Waals surface area contributed by atoms with Crippen LogP contribution in [-0.4, -0.2) is 125 Å². The normalized spacial score (nSPS) is 16.6. The molecule has 5 N–H and O–H groups in total. The SMILES string of the molecule is CCN(CC)CCCC[C@H](NC(=O)[C@@H](NC(=O)CCCC#Cc1cnc(S(C)(=O)=O)nc1)C(C)C)C(=O)NCC(=O)NCOC/C=C/C1OC(=O)[C@](O)(CC)c2cc3n(c(=O)c21)Cc1cc2cc(C)c(F)cc2nc1-3. The topological polar surface area (TPSA) is 270 Å². The Hall–Kier alpha value is -6.93. The minimum Gasteiger partial charge on any atom is -0.451 e. The fraction of sp³-hybridized carbons (Fsp3) is 0.491. The number of pyridine rings is 2. The second-order valence-electron chi connectivity index (χ2n) is 18.9. The Morgan fingerprint density at radius 1 is 1.01 bits per heavy atom. The van der Waals surface area contributed by atoms with Gasteiger partial charge in [-0.2, -0.15) is 0 Å². The summed E-state index contributed by atoms with van der Waals surface area (Å²) in [5.41, 5.74) is 0.363. The number of nitrogens with zero attached hydrogens (tertiary/aromatic N) is 5. The number of amides is 4. The molecular weight excluding hydrogens is 990 g/mol. The van der Waals surface area contributed by atoms with Crippen molar-refractivity contribution in [2.45, 2.75) is 122 Å². The molecule has 0 saturated carbocycles. The van der Waals surface area contributed by atoms with Gasteiger partial charge in [0.15, 0.2) is 11.7 Å². The van der Waals surface area contributed by atoms with Crippen molar-refractivity contribution in [3.05, 3.63) is 92.8 Å². The van der Waals surface area contributed by atoms with Crippen LogP contribution in [0.3, 0.4) is 0 Å². The standard InChI is InChI=1S/C53H66FN9O11S/c1-8-53(70)37-25-41-47-36(24-35-23-33(6)38(54)26-40(35)59-47)30-63(41)50(68)45(37)42(74-51(53)69)19-16-22-73-31-58-44(65)29-55-48(66)39(18-14-15-21-62(9-2)10-3)60-49(67)46(32(4)5)61-43(64)20-13-11-12-17-34-27-56-52(57-28-34)75(7,71)72/h16,19,23-28,32,39,42,46,70H,8-11,13-15,18,20-22,29-31H2,1-7H3,(H,55,66)(H,58,65)(H,60,67)(H,61,64)/b19-16+/t39-,42?,46-,53-/m0/s1. The summed E-state index contributed by atoms with van der Waals surface area (Å²) in [6.45, 7) is 12.8. The number of ether oxygens (including phenoxy) is 2. The van der Waals surface area contributed by atoms with Gasteiger partial charge in [0.05, 0.1) is 47.7 Å². The van der Waals surface area contributed by atoms with Crippen LogP contribution in [0, 0.1) is 30.5 Å². The lowest BCUT2D eigenvalue weighted by Crippen LogP contribution is -2.56. The second-order valence-corrected chi connectivity index (χ2v) is 20.8. The number of fused-ring (bicyclic) bond motifs is 5. The molecule has 75 heavy (non-hydrogen) atoms. The van der Waals surface area contributed by atoms with Crippen LogP contribution in [0.5, 0.6) is 0 Å². The van der Waals surface area contributed by atoms with E-state index in [2.05, 4.69) is 66.8 Å². The van der Waals surface area contributed by atoms with Gasteiger partial charge in [-0.25, -0.2) is 32.6 Å². The number of hydrogen-bond donors (Lipinski definition) is 5. The number of cyclic esters (lactones) is 1. The third kappa shape index (κ3) is 14.3. The number of carbonyl (C=O) groups excluding carboxylic acids is 5. The van der Waals surface area contributed by atoms with Gasteiger partial charge in [0.25, 0.3) is 5.56 Å². The summed E-state index contributed by atoms with van der Waals surface area (Å²) in [5.74, 6) is 1.91. The van der Waals surface area contributed by atoms with E-state index >= 15 is 0 Å². The molecule has 4 atom stereocenters. The maximum absolute atomic E-state index is 14.5. The van der Waals surface area contributed by atoms with Gasteiger partial charge in [-0.1, -0.05) is 52.5 Å². The Labute approximate surface area is 435 Å². The van der Waals surface area contributed by atoms with E-state index in [0.717, 1.165) is 37.9 Å². The third-order valence-corrected chi connectivity index (χ3v) is 14.0. The number of unbranched alkanes of at least 4 members (excludes halogenated alkanes) is 2. The fourth-order valence-electron chi connectivity index (χ4n) is 8.75. The molecule has 6 rings (SSSR count). The van der Waals surface area contributed by atoms with E-state index in [-0.39, 0.29) is 67.3 Å². The number of nitrogens with one attached hydrogen (secondary N) is 4. The average molecular weight is 1060 g/mol. The summed E-state index contributed by atoms with van der Waals surface area (Å²) in [4.78, 5) is 95.1. The second kappa shape index (κ2) is 25.5. The van der Waals surface area contributed by atoms with Gasteiger partial charge >= 0.3 is 5.97 Å². The molecule has 1 unspecified atom stereocenters. The summed E-state index contributed by atoms with van der Waals surface area (Å²) in [7, 11) is -3.54. The molecule has 4 aromatic rings. The van der Waals surface area contributed by atoms with Crippen LogP contribution in [0.1, 0.15) is 113 Å². The maximum atomic E-state index is 14.5. The molecule has 0 aliphatic carbocycles. The highest BCUT2D eigenvalue weighted by atomic mass is 32.2. The lowest BCUT2D eigenvalue weighted by atomic mass is 9.83. The smallest absolute Gasteiger partial charge is 0.343 e. The number of halogens is 1. The molecule has 1 aromatic carbocycles. The highest BCUT2D eigenvalue weighted by Crippen LogP contribution is 2.42. The van der Waals surface area contributed by atoms with Gasteiger partial charge in [0.1, 0.15) is 24.6 Å². The molecular formula is C53H66FN9O11S. The number of esters is 1. The third-order valence-electron chi connectivity index (χ3n) is 13.1. The van der Waals surface area contributed by atoms with Crippen molar-refractivity contribution >= 4 is 50.3 Å². The van der Waals surface area contributed by atoms with Crippen LogP contribution in [0.15, 0.2) is 58.8 Å². The van der Waals surface area contributed by atoms with Crippen LogP contribution in [0.2, 0.25) is 0 Å². The fourth-order valence-corrected chi connectivity index (χ4v) is 9.24. The number of sulfone groups is 1. The van der Waals surface area contributed by atoms with E-state index in [9.17, 15) is 46.7 Å². The van der Waals surface area contributed by atoms with Crippen LogP contribution in [-0.2, 0) is 55.4 Å². The molecule has 402 valence electrons. The first-order valence-electron chi connectivity index (χ1n) is 25.1. The number of aromatic nitrogens is 4. The number of benzene rings is 1. The number of aliphatic hydroxyl groups is 1. The molecule has 0 spiro atoms. The van der Waals surface area contributed by atoms with E-state index in [1.54, 1.807) is 39.8 Å². The average Bonchev–Trinajstić information content (AvgIpc) is 3.74. The monoisotopic (exact) mass is 1060 g/mol. The van der Waals surface area contributed by atoms with Crippen molar-refractivity contribution < 1.29 is 51.4 Å². The number of rotatable bonds is 24. The molecule has 20 nitrogen and oxygen atoms in total. The molecule has 22 heteroatoms. The van der Waals surface area contributed by atoms with Crippen LogP contribution in [0.25, 0.3) is 22.3 Å². The highest BCUT2D eigenvalue weighted by Gasteiger charge is 2.48. The zero-order valence-corrected chi connectivity index (χ0v) is 44.2. The molecule has 5 heterocycles. The molecule has 0 bridgehead atoms. The first-order chi connectivity index (χ1) is 35.7. The Kier molecular flexibility index (Phi) is 19.5. The zero-order valence-electron chi connectivity index (χ0n) is 43.4. The largest absolute Gasteiger partial charge is 0.451 e. The Balaban J connectivity index is 1.01. The van der Waals surface area contributed by atoms with Crippen LogP contribution >= 0.6 is 0 Å². The predicted molar refractivity (Wildman–Crippen MR) is 276 cm³/mol. The quantitative estimate of drug-likeness (QED) is 0.0148. The van der Waals surface area contributed by atoms with Crippen molar-refractivity contribution in [2.24, 2.45) is 5.92 Å². The minimum atomic E-state index is -3.54. The molecule has 0 fully saturated rings. The molecule has 0 saturated heterocycles. The minimum absolute atomic E-state index is 0.0646. The summed E-state index contributed by atoms with van der Waals surface area (Å²) < 4.78 is 50.4. The first kappa shape index (κ1) is 57.4. The Morgan fingerprint density at radius 3 is 2.43 bits per heavy atom. The van der Waals surface area contributed by atoms with Crippen molar-refractivity contribution in [3.63, 3.8) is 0 Å². The lowest BCUT2D eigenvalue weighted by molar-refractivity contribution is -0.175. The Bertz CT molecular complexity index is 3060. The molecule has 2 aliphatic rings. The summed E-state index contributed by atoms with van der Waals surface area (Å²) in [5, 5.41) is 22.7. The van der Waals surface area contributed by atoms with Gasteiger partial charge in [-0.15, -0.1) is 0 Å². The molecule has 0 radical (unpaired) electrons. The summed E-state index contributed by atoms with van der Waals surface area (Å²) in [6, 6.07) is 4.46. The van der Waals surface area contributed by atoms with E-state index in [1.165, 1.54) is 35.2 Å². The van der Waals surface area contributed by atoms with Crippen LogP contribution < -0.4 is 26.8 Å². The molecule has 4 amide bonds. The van der Waals surface area contributed by atoms with Crippen molar-refractivity contribution in [2.75, 3.05) is 45.8 Å². The van der Waals surface area contributed by atoms with Gasteiger partial charge in [-0.05, 0) is 94.4 Å². The summed E-state index contributed by atoms with van der Waals surface area (Å²) in [6.07, 6.45) is 7.69. The maximum Gasteiger partial charge on any atom is 0.343 e.